The first-order valence-electron chi connectivity index (χ1n) is 6.50. The summed E-state index contributed by atoms with van der Waals surface area (Å²) in [6.45, 7) is 2.42. The van der Waals surface area contributed by atoms with Crippen LogP contribution in [0.4, 0.5) is 15.3 Å². The number of hydrogen-bond acceptors (Lipinski definition) is 6. The van der Waals surface area contributed by atoms with Gasteiger partial charge in [0, 0.05) is 44.0 Å². The van der Waals surface area contributed by atoms with Gasteiger partial charge in [-0.25, -0.2) is 14.4 Å². The van der Waals surface area contributed by atoms with Crippen molar-refractivity contribution in [1.29, 1.82) is 0 Å². The molecule has 0 bridgehead atoms. The molecule has 1 amide bonds. The number of nitrogens with zero attached hydrogens (tertiary/aromatic N) is 4. The molecule has 0 aromatic carbocycles. The fraction of sp³-hybridized carbons (Fsp3) is 0.308. The third-order valence-corrected chi connectivity index (χ3v) is 4.24. The van der Waals surface area contributed by atoms with Gasteiger partial charge in [0.25, 0.3) is 5.91 Å². The second-order valence-electron chi connectivity index (χ2n) is 4.65. The molecule has 1 saturated heterocycles. The highest BCUT2D eigenvalue weighted by Gasteiger charge is 2.25. The van der Waals surface area contributed by atoms with Crippen LogP contribution in [0.1, 0.15) is 10.4 Å². The highest BCUT2D eigenvalue weighted by Crippen LogP contribution is 2.20. The number of halogens is 1. The minimum absolute atomic E-state index is 0.0230. The summed E-state index contributed by atoms with van der Waals surface area (Å²) in [5.74, 6) is -1.34. The van der Waals surface area contributed by atoms with Crippen molar-refractivity contribution >= 4 is 28.2 Å². The van der Waals surface area contributed by atoms with Crippen LogP contribution in [0.5, 0.6) is 0 Å². The number of hydrogen-bond donors (Lipinski definition) is 1. The fourth-order valence-corrected chi connectivity index (χ4v) is 2.97. The average Bonchev–Trinajstić information content (AvgIpc) is 3.04. The van der Waals surface area contributed by atoms with Gasteiger partial charge in [-0.2, -0.15) is 0 Å². The number of amides is 1. The zero-order valence-electron chi connectivity index (χ0n) is 11.2. The van der Waals surface area contributed by atoms with Crippen molar-refractivity contribution in [2.75, 3.05) is 36.8 Å². The van der Waals surface area contributed by atoms with E-state index in [0.29, 0.717) is 26.2 Å². The summed E-state index contributed by atoms with van der Waals surface area (Å²) in [5.41, 5.74) is 5.38. The van der Waals surface area contributed by atoms with Gasteiger partial charge in [0.1, 0.15) is 0 Å². The molecule has 21 heavy (non-hydrogen) atoms. The van der Waals surface area contributed by atoms with Gasteiger partial charge in [-0.15, -0.1) is 11.3 Å². The molecule has 2 N–H and O–H groups in total. The van der Waals surface area contributed by atoms with E-state index >= 15 is 0 Å². The Labute approximate surface area is 125 Å². The first kappa shape index (κ1) is 13.7. The van der Waals surface area contributed by atoms with Crippen molar-refractivity contribution in [2.45, 2.75) is 0 Å². The summed E-state index contributed by atoms with van der Waals surface area (Å²) in [6.07, 6.45) is 3.10. The standard InChI is InChI=1S/C13H14FN5OS/c14-10-9(1-2-16-11(10)15)12(20)18-4-6-19(7-5-18)13-17-3-8-21-13/h1-3,8H,4-7H2,(H2,15,16). The zero-order valence-corrected chi connectivity index (χ0v) is 12.0. The molecule has 6 nitrogen and oxygen atoms in total. The fourth-order valence-electron chi connectivity index (χ4n) is 2.27. The van der Waals surface area contributed by atoms with E-state index in [-0.39, 0.29) is 17.3 Å². The maximum atomic E-state index is 13.9. The van der Waals surface area contributed by atoms with Crippen LogP contribution in [0, 0.1) is 5.82 Å². The lowest BCUT2D eigenvalue weighted by Gasteiger charge is -2.34. The maximum Gasteiger partial charge on any atom is 0.257 e. The average molecular weight is 307 g/mol. The highest BCUT2D eigenvalue weighted by atomic mass is 32.1. The Morgan fingerprint density at radius 1 is 1.24 bits per heavy atom. The second kappa shape index (κ2) is 5.65. The molecule has 0 aliphatic carbocycles. The lowest BCUT2D eigenvalue weighted by atomic mass is 10.2. The molecule has 3 rings (SSSR count). The van der Waals surface area contributed by atoms with Crippen LogP contribution in [0.3, 0.4) is 0 Å². The van der Waals surface area contributed by atoms with E-state index in [4.69, 9.17) is 5.73 Å². The number of pyridine rings is 1. The Kier molecular flexibility index (Phi) is 3.70. The minimum Gasteiger partial charge on any atom is -0.381 e. The Balaban J connectivity index is 1.69. The number of carbonyl (C=O) groups is 1. The molecule has 1 fully saturated rings. The van der Waals surface area contributed by atoms with Gasteiger partial charge in [0.2, 0.25) is 0 Å². The van der Waals surface area contributed by atoms with Crippen molar-refractivity contribution in [1.82, 2.24) is 14.9 Å². The first-order chi connectivity index (χ1) is 10.2. The van der Waals surface area contributed by atoms with Crippen LogP contribution < -0.4 is 10.6 Å². The molecule has 1 aliphatic rings. The summed E-state index contributed by atoms with van der Waals surface area (Å²) >= 11 is 1.57. The van der Waals surface area contributed by atoms with E-state index < -0.39 is 5.82 Å². The van der Waals surface area contributed by atoms with Crippen molar-refractivity contribution in [3.05, 3.63) is 35.2 Å². The quantitative estimate of drug-likeness (QED) is 0.903. The van der Waals surface area contributed by atoms with Crippen LogP contribution in [0.2, 0.25) is 0 Å². The molecule has 0 saturated carbocycles. The molecule has 2 aromatic rings. The van der Waals surface area contributed by atoms with E-state index in [1.165, 1.54) is 12.3 Å². The Bertz CT molecular complexity index is 640. The number of rotatable bonds is 2. The molecule has 0 unspecified atom stereocenters. The second-order valence-corrected chi connectivity index (χ2v) is 5.52. The molecule has 110 valence electrons. The predicted octanol–water partition coefficient (Wildman–Crippen LogP) is 1.22. The van der Waals surface area contributed by atoms with Gasteiger partial charge >= 0.3 is 0 Å². The molecule has 8 heteroatoms. The SMILES string of the molecule is Nc1nccc(C(=O)N2CCN(c3nccs3)CC2)c1F. The van der Waals surface area contributed by atoms with E-state index in [1.807, 2.05) is 5.38 Å². The summed E-state index contributed by atoms with van der Waals surface area (Å²) in [6, 6.07) is 1.36. The molecule has 0 radical (unpaired) electrons. The summed E-state index contributed by atoms with van der Waals surface area (Å²) in [5, 5.41) is 2.86. The van der Waals surface area contributed by atoms with Crippen molar-refractivity contribution in [3.8, 4) is 0 Å². The Morgan fingerprint density at radius 3 is 2.67 bits per heavy atom. The largest absolute Gasteiger partial charge is 0.381 e. The van der Waals surface area contributed by atoms with Crippen LogP contribution >= 0.6 is 11.3 Å². The van der Waals surface area contributed by atoms with Gasteiger partial charge in [-0.3, -0.25) is 4.79 Å². The van der Waals surface area contributed by atoms with Crippen LogP contribution in [0.15, 0.2) is 23.8 Å². The normalized spacial score (nSPS) is 15.3. The van der Waals surface area contributed by atoms with Gasteiger partial charge < -0.3 is 15.5 Å². The van der Waals surface area contributed by atoms with Gasteiger partial charge in [-0.1, -0.05) is 0 Å². The third kappa shape index (κ3) is 2.66. The van der Waals surface area contributed by atoms with Crippen LogP contribution in [-0.2, 0) is 0 Å². The van der Waals surface area contributed by atoms with Gasteiger partial charge in [-0.05, 0) is 6.07 Å². The number of carbonyl (C=O) groups excluding carboxylic acids is 1. The highest BCUT2D eigenvalue weighted by molar-refractivity contribution is 7.13. The number of nitrogen functional groups attached to an aromatic ring is 1. The minimum atomic E-state index is -0.746. The lowest BCUT2D eigenvalue weighted by Crippen LogP contribution is -2.49. The number of anilines is 2. The van der Waals surface area contributed by atoms with Gasteiger partial charge in [0.05, 0.1) is 5.56 Å². The van der Waals surface area contributed by atoms with Crippen molar-refractivity contribution in [3.63, 3.8) is 0 Å². The van der Waals surface area contributed by atoms with Crippen molar-refractivity contribution < 1.29 is 9.18 Å². The van der Waals surface area contributed by atoms with E-state index in [1.54, 1.807) is 22.4 Å². The number of piperazine rings is 1. The van der Waals surface area contributed by atoms with E-state index in [0.717, 1.165) is 5.13 Å². The number of nitrogens with two attached hydrogens (primary N) is 1. The van der Waals surface area contributed by atoms with E-state index in [9.17, 15) is 9.18 Å². The monoisotopic (exact) mass is 307 g/mol. The third-order valence-electron chi connectivity index (χ3n) is 3.40. The molecular formula is C13H14FN5OS. The number of thiazole rings is 1. The zero-order chi connectivity index (χ0) is 14.8. The molecule has 0 atom stereocenters. The Hall–Kier alpha value is -2.22. The molecule has 0 spiro atoms. The maximum absolute atomic E-state index is 13.9. The lowest BCUT2D eigenvalue weighted by molar-refractivity contribution is 0.0742. The summed E-state index contributed by atoms with van der Waals surface area (Å²) < 4.78 is 13.9. The van der Waals surface area contributed by atoms with Crippen LogP contribution in [-0.4, -0.2) is 47.0 Å². The topological polar surface area (TPSA) is 75.3 Å². The Morgan fingerprint density at radius 2 is 2.00 bits per heavy atom. The molecule has 1 aliphatic heterocycles. The molecule has 2 aromatic heterocycles. The predicted molar refractivity (Wildman–Crippen MR) is 78.8 cm³/mol. The summed E-state index contributed by atoms with van der Waals surface area (Å²) in [4.78, 5) is 24.0. The van der Waals surface area contributed by atoms with Gasteiger partial charge in [0.15, 0.2) is 16.8 Å². The number of aromatic nitrogens is 2. The van der Waals surface area contributed by atoms with Crippen molar-refractivity contribution in [2.24, 2.45) is 0 Å². The first-order valence-corrected chi connectivity index (χ1v) is 7.38. The summed E-state index contributed by atoms with van der Waals surface area (Å²) in [7, 11) is 0. The van der Waals surface area contributed by atoms with Crippen LogP contribution in [0.25, 0.3) is 0 Å². The molecular weight excluding hydrogens is 293 g/mol. The molecule has 3 heterocycles. The van der Waals surface area contributed by atoms with E-state index in [2.05, 4.69) is 14.9 Å². The smallest absolute Gasteiger partial charge is 0.257 e.